The highest BCUT2D eigenvalue weighted by atomic mass is 19.1. The molecule has 1 N–H and O–H groups in total. The van der Waals surface area contributed by atoms with Gasteiger partial charge < -0.3 is 19.9 Å². The molecular formula is C27H25FN10O2. The van der Waals surface area contributed by atoms with Gasteiger partial charge >= 0.3 is 0 Å². The number of fused-ring (bicyclic) bond motifs is 2. The third-order valence-electron chi connectivity index (χ3n) is 6.71. The summed E-state index contributed by atoms with van der Waals surface area (Å²) in [6.45, 7) is 7.56. The molecule has 2 aromatic carbocycles. The smallest absolute Gasteiger partial charge is 0.246 e. The number of carbonyl (C=O) groups is 1. The molecule has 0 atom stereocenters. The molecule has 6 rings (SSSR count). The van der Waals surface area contributed by atoms with Crippen LogP contribution in [0.25, 0.3) is 22.1 Å². The number of hydrogen-bond acceptors (Lipinski definition) is 10. The van der Waals surface area contributed by atoms with E-state index in [-0.39, 0.29) is 11.7 Å². The Kier molecular flexibility index (Phi) is 6.38. The number of nitrogens with one attached hydrogen (secondary N) is 1. The van der Waals surface area contributed by atoms with Crippen molar-refractivity contribution in [3.8, 4) is 11.5 Å². The topological polar surface area (TPSA) is 127 Å². The molecule has 0 aliphatic carbocycles. The first-order chi connectivity index (χ1) is 19.4. The first kappa shape index (κ1) is 25.1. The number of anilines is 3. The van der Waals surface area contributed by atoms with Crippen molar-refractivity contribution in [2.45, 2.75) is 6.92 Å². The van der Waals surface area contributed by atoms with Crippen molar-refractivity contribution >= 4 is 45.4 Å². The maximum absolute atomic E-state index is 15.3. The molecule has 5 aromatic rings. The van der Waals surface area contributed by atoms with Crippen LogP contribution in [-0.4, -0.2) is 71.9 Å². The Morgan fingerprint density at radius 1 is 1.10 bits per heavy atom. The summed E-state index contributed by atoms with van der Waals surface area (Å²) in [7, 11) is 1.80. The fourth-order valence-corrected chi connectivity index (χ4v) is 4.62. The highest BCUT2D eigenvalue weighted by Crippen LogP contribution is 2.33. The van der Waals surface area contributed by atoms with Gasteiger partial charge in [0.2, 0.25) is 11.9 Å². The van der Waals surface area contributed by atoms with Crippen molar-refractivity contribution in [1.29, 1.82) is 0 Å². The van der Waals surface area contributed by atoms with Crippen LogP contribution >= 0.6 is 0 Å². The van der Waals surface area contributed by atoms with Crippen molar-refractivity contribution in [3.05, 3.63) is 66.9 Å². The molecule has 3 aromatic heterocycles. The van der Waals surface area contributed by atoms with Gasteiger partial charge in [-0.25, -0.2) is 29.0 Å². The van der Waals surface area contributed by atoms with Gasteiger partial charge in [0.05, 0.1) is 11.7 Å². The minimum absolute atomic E-state index is 0.0931. The van der Waals surface area contributed by atoms with Crippen LogP contribution in [-0.2, 0) is 11.8 Å². The first-order valence-electron chi connectivity index (χ1n) is 12.6. The molecule has 13 heteroatoms. The predicted molar refractivity (Wildman–Crippen MR) is 147 cm³/mol. The van der Waals surface area contributed by atoms with Gasteiger partial charge in [0.1, 0.15) is 28.6 Å². The largest absolute Gasteiger partial charge is 0.454 e. The molecule has 0 radical (unpaired) electrons. The molecule has 1 aliphatic heterocycles. The van der Waals surface area contributed by atoms with E-state index in [1.165, 1.54) is 18.5 Å². The van der Waals surface area contributed by atoms with Crippen molar-refractivity contribution in [2.24, 2.45) is 7.05 Å². The standard InChI is InChI=1S/C27H25FN10O2/c1-4-23(39)37-7-9-38(10-8-37)27-29-14-21-24(33-27)26(31-15-30-21)32-17-11-16(2)25(19(28)12-17)40-18-5-6-22-20(13-18)34-35-36(22)3/h4-6,11-15H,1,7-10H2,2-3H3,(H,30,31,32). The molecule has 12 nitrogen and oxygen atoms in total. The number of halogens is 1. The zero-order valence-corrected chi connectivity index (χ0v) is 21.9. The first-order valence-corrected chi connectivity index (χ1v) is 12.6. The number of piperazine rings is 1. The second kappa shape index (κ2) is 10.2. The van der Waals surface area contributed by atoms with E-state index in [9.17, 15) is 4.79 Å². The lowest BCUT2D eigenvalue weighted by Crippen LogP contribution is -2.48. The maximum atomic E-state index is 15.3. The lowest BCUT2D eigenvalue weighted by Gasteiger charge is -2.34. The van der Waals surface area contributed by atoms with Crippen LogP contribution in [0.1, 0.15) is 5.56 Å². The third-order valence-corrected chi connectivity index (χ3v) is 6.71. The van der Waals surface area contributed by atoms with E-state index < -0.39 is 5.82 Å². The number of nitrogens with zero attached hydrogens (tertiary/aromatic N) is 9. The summed E-state index contributed by atoms with van der Waals surface area (Å²) in [6.07, 6.45) is 4.35. The molecule has 202 valence electrons. The number of ether oxygens (including phenoxy) is 1. The Bertz CT molecular complexity index is 1740. The second-order valence-electron chi connectivity index (χ2n) is 9.34. The Hall–Kier alpha value is -5.20. The number of hydrogen-bond donors (Lipinski definition) is 1. The summed E-state index contributed by atoms with van der Waals surface area (Å²) in [5.74, 6) is 0.847. The summed E-state index contributed by atoms with van der Waals surface area (Å²) < 4.78 is 22.8. The van der Waals surface area contributed by atoms with Crippen LogP contribution < -0.4 is 15.0 Å². The molecule has 1 fully saturated rings. The molecule has 40 heavy (non-hydrogen) atoms. The second-order valence-corrected chi connectivity index (χ2v) is 9.34. The number of aromatic nitrogens is 7. The molecule has 0 spiro atoms. The van der Waals surface area contributed by atoms with Crippen LogP contribution in [0, 0.1) is 12.7 Å². The van der Waals surface area contributed by atoms with E-state index in [2.05, 4.69) is 37.2 Å². The van der Waals surface area contributed by atoms with Gasteiger partial charge in [-0.1, -0.05) is 11.8 Å². The Balaban J connectivity index is 1.23. The van der Waals surface area contributed by atoms with Gasteiger partial charge in [0.15, 0.2) is 17.4 Å². The van der Waals surface area contributed by atoms with Crippen LogP contribution in [0.2, 0.25) is 0 Å². The van der Waals surface area contributed by atoms with E-state index in [1.807, 2.05) is 11.0 Å². The monoisotopic (exact) mass is 540 g/mol. The summed E-state index contributed by atoms with van der Waals surface area (Å²) in [4.78, 5) is 33.4. The number of amides is 1. The Morgan fingerprint density at radius 3 is 2.70 bits per heavy atom. The minimum Gasteiger partial charge on any atom is -0.454 e. The van der Waals surface area contributed by atoms with Gasteiger partial charge in [-0.05, 0) is 36.8 Å². The normalized spacial score (nSPS) is 13.6. The number of rotatable bonds is 6. The predicted octanol–water partition coefficient (Wildman–Crippen LogP) is 3.52. The van der Waals surface area contributed by atoms with E-state index in [0.717, 1.165) is 5.52 Å². The summed E-state index contributed by atoms with van der Waals surface area (Å²) in [6, 6.07) is 8.40. The lowest BCUT2D eigenvalue weighted by atomic mass is 10.2. The molecule has 0 saturated carbocycles. The molecular weight excluding hydrogens is 515 g/mol. The van der Waals surface area contributed by atoms with Gasteiger partial charge in [-0.15, -0.1) is 5.10 Å². The van der Waals surface area contributed by atoms with Crippen LogP contribution in [0.5, 0.6) is 11.5 Å². The average Bonchev–Trinajstić information content (AvgIpc) is 3.34. The van der Waals surface area contributed by atoms with Gasteiger partial charge in [-0.2, -0.15) is 0 Å². The zero-order chi connectivity index (χ0) is 27.8. The third kappa shape index (κ3) is 4.72. The van der Waals surface area contributed by atoms with Crippen molar-refractivity contribution in [3.63, 3.8) is 0 Å². The van der Waals surface area contributed by atoms with Gasteiger partial charge in [0.25, 0.3) is 0 Å². The maximum Gasteiger partial charge on any atom is 0.246 e. The SMILES string of the molecule is C=CC(=O)N1CCN(c2ncc3ncnc(Nc4cc(C)c(Oc5ccc6c(c5)nnn6C)c(F)c4)c3n2)CC1. The highest BCUT2D eigenvalue weighted by Gasteiger charge is 2.22. The minimum atomic E-state index is -0.539. The molecule has 1 saturated heterocycles. The van der Waals surface area contributed by atoms with E-state index in [1.54, 1.807) is 47.9 Å². The van der Waals surface area contributed by atoms with E-state index >= 15 is 4.39 Å². The van der Waals surface area contributed by atoms with Crippen molar-refractivity contribution in [2.75, 3.05) is 36.4 Å². The number of carbonyl (C=O) groups excluding carboxylic acids is 1. The number of benzene rings is 2. The van der Waals surface area contributed by atoms with Gasteiger partial charge in [-0.3, -0.25) is 4.79 Å². The molecule has 0 bridgehead atoms. The van der Waals surface area contributed by atoms with E-state index in [0.29, 0.717) is 71.5 Å². The van der Waals surface area contributed by atoms with Crippen LogP contribution in [0.3, 0.4) is 0 Å². The fraction of sp³-hybridized carbons (Fsp3) is 0.222. The molecule has 0 unspecified atom stereocenters. The Morgan fingerprint density at radius 2 is 1.93 bits per heavy atom. The molecule has 4 heterocycles. The van der Waals surface area contributed by atoms with Crippen LogP contribution in [0.4, 0.5) is 21.8 Å². The van der Waals surface area contributed by atoms with Crippen LogP contribution in [0.15, 0.2) is 55.5 Å². The Labute approximate surface area is 228 Å². The summed E-state index contributed by atoms with van der Waals surface area (Å²) in [5.41, 5.74) is 3.59. The van der Waals surface area contributed by atoms with Crippen molar-refractivity contribution < 1.29 is 13.9 Å². The quantitative estimate of drug-likeness (QED) is 0.320. The summed E-state index contributed by atoms with van der Waals surface area (Å²) >= 11 is 0. The fourth-order valence-electron chi connectivity index (χ4n) is 4.62. The van der Waals surface area contributed by atoms with E-state index in [4.69, 9.17) is 9.72 Å². The highest BCUT2D eigenvalue weighted by molar-refractivity contribution is 5.88. The average molecular weight is 541 g/mol. The van der Waals surface area contributed by atoms with Gasteiger partial charge in [0, 0.05) is 51.0 Å². The number of aryl methyl sites for hydroxylation is 2. The molecule has 1 amide bonds. The van der Waals surface area contributed by atoms with Crippen molar-refractivity contribution in [1.82, 2.24) is 39.8 Å². The zero-order valence-electron chi connectivity index (χ0n) is 21.9. The summed E-state index contributed by atoms with van der Waals surface area (Å²) in [5, 5.41) is 11.2. The lowest BCUT2D eigenvalue weighted by molar-refractivity contribution is -0.126. The molecule has 1 aliphatic rings.